The minimum absolute atomic E-state index is 0.0980. The number of hydrogen-bond donors (Lipinski definition) is 2. The zero-order chi connectivity index (χ0) is 13.2. The molecule has 0 bridgehead atoms. The highest BCUT2D eigenvalue weighted by molar-refractivity contribution is 7.99. The van der Waals surface area contributed by atoms with Crippen LogP contribution in [0.1, 0.15) is 51.9 Å². The Balaban J connectivity index is 1.87. The summed E-state index contributed by atoms with van der Waals surface area (Å²) in [4.78, 5) is 12.4. The van der Waals surface area contributed by atoms with Crippen LogP contribution in [-0.2, 0) is 4.79 Å². The van der Waals surface area contributed by atoms with E-state index in [1.807, 2.05) is 11.8 Å². The highest BCUT2D eigenvalue weighted by Crippen LogP contribution is 2.32. The summed E-state index contributed by atoms with van der Waals surface area (Å²) in [6.45, 7) is 2.20. The van der Waals surface area contributed by atoms with Gasteiger partial charge in [-0.2, -0.15) is 11.8 Å². The predicted molar refractivity (Wildman–Crippen MR) is 77.6 cm³/mol. The quantitative estimate of drug-likeness (QED) is 0.827. The van der Waals surface area contributed by atoms with Gasteiger partial charge in [0.2, 0.25) is 5.91 Å². The van der Waals surface area contributed by atoms with Crippen molar-refractivity contribution < 1.29 is 4.79 Å². The van der Waals surface area contributed by atoms with Crippen LogP contribution in [0.3, 0.4) is 0 Å². The molecule has 0 aromatic heterocycles. The molecule has 4 atom stereocenters. The van der Waals surface area contributed by atoms with Gasteiger partial charge < -0.3 is 11.1 Å². The first-order valence-corrected chi connectivity index (χ1v) is 8.45. The second-order valence-electron chi connectivity index (χ2n) is 6.20. The van der Waals surface area contributed by atoms with Crippen LogP contribution in [0.5, 0.6) is 0 Å². The summed E-state index contributed by atoms with van der Waals surface area (Å²) in [6.07, 6.45) is 9.59. The minimum Gasteiger partial charge on any atom is -0.352 e. The van der Waals surface area contributed by atoms with E-state index in [1.54, 1.807) is 0 Å². The highest BCUT2D eigenvalue weighted by atomic mass is 32.2. The second-order valence-corrected chi connectivity index (χ2v) is 7.34. The maximum absolute atomic E-state index is 12.4. The van der Waals surface area contributed by atoms with Crippen molar-refractivity contribution in [2.75, 3.05) is 6.26 Å². The van der Waals surface area contributed by atoms with Crippen LogP contribution in [0, 0.1) is 5.92 Å². The Bertz CT molecular complexity index is 310. The molecule has 1 amide bonds. The van der Waals surface area contributed by atoms with Gasteiger partial charge in [-0.3, -0.25) is 4.79 Å². The first kappa shape index (κ1) is 14.2. The molecule has 2 fully saturated rings. The van der Waals surface area contributed by atoms with Gasteiger partial charge in [-0.15, -0.1) is 0 Å². The van der Waals surface area contributed by atoms with E-state index in [1.165, 1.54) is 12.8 Å². The number of thioether (sulfide) groups is 1. The van der Waals surface area contributed by atoms with Crippen LogP contribution in [0.15, 0.2) is 0 Å². The van der Waals surface area contributed by atoms with Crippen molar-refractivity contribution in [1.82, 2.24) is 5.32 Å². The number of rotatable bonds is 3. The Morgan fingerprint density at radius 3 is 2.78 bits per heavy atom. The molecule has 3 nitrogen and oxygen atoms in total. The Labute approximate surface area is 115 Å². The fourth-order valence-electron chi connectivity index (χ4n) is 3.41. The summed E-state index contributed by atoms with van der Waals surface area (Å²) in [7, 11) is 0. The first-order chi connectivity index (χ1) is 8.53. The van der Waals surface area contributed by atoms with Crippen molar-refractivity contribution in [2.45, 2.75) is 68.7 Å². The van der Waals surface area contributed by atoms with Crippen molar-refractivity contribution in [1.29, 1.82) is 0 Å². The third-order valence-corrected chi connectivity index (χ3v) is 5.63. The van der Waals surface area contributed by atoms with Crippen molar-refractivity contribution in [3.05, 3.63) is 0 Å². The lowest BCUT2D eigenvalue weighted by molar-refractivity contribution is -0.128. The van der Waals surface area contributed by atoms with E-state index >= 15 is 0 Å². The number of nitrogens with two attached hydrogens (primary N) is 1. The van der Waals surface area contributed by atoms with Gasteiger partial charge in [-0.1, -0.05) is 19.8 Å². The summed E-state index contributed by atoms with van der Waals surface area (Å²) >= 11 is 1.92. The SMILES string of the molecule is CSC1CCC(NC(=O)C2(N)CCCC(C)C2)C1. The smallest absolute Gasteiger partial charge is 0.240 e. The second kappa shape index (κ2) is 5.83. The lowest BCUT2D eigenvalue weighted by Crippen LogP contribution is -2.57. The van der Waals surface area contributed by atoms with E-state index in [9.17, 15) is 4.79 Å². The third-order valence-electron chi connectivity index (χ3n) is 4.54. The monoisotopic (exact) mass is 270 g/mol. The Morgan fingerprint density at radius 2 is 2.17 bits per heavy atom. The minimum atomic E-state index is -0.602. The molecule has 2 saturated carbocycles. The molecule has 0 aromatic carbocycles. The van der Waals surface area contributed by atoms with Gasteiger partial charge >= 0.3 is 0 Å². The molecule has 0 spiro atoms. The average Bonchev–Trinajstić information content (AvgIpc) is 2.76. The van der Waals surface area contributed by atoms with Crippen molar-refractivity contribution in [3.8, 4) is 0 Å². The van der Waals surface area contributed by atoms with E-state index in [0.717, 1.165) is 32.1 Å². The lowest BCUT2D eigenvalue weighted by Gasteiger charge is -2.36. The van der Waals surface area contributed by atoms with Crippen LogP contribution < -0.4 is 11.1 Å². The average molecular weight is 270 g/mol. The molecule has 0 saturated heterocycles. The molecule has 2 rings (SSSR count). The van der Waals surface area contributed by atoms with Gasteiger partial charge in [-0.25, -0.2) is 0 Å². The molecule has 2 aliphatic rings. The number of carbonyl (C=O) groups is 1. The summed E-state index contributed by atoms with van der Waals surface area (Å²) in [5.74, 6) is 0.679. The van der Waals surface area contributed by atoms with E-state index < -0.39 is 5.54 Å². The molecule has 3 N–H and O–H groups in total. The van der Waals surface area contributed by atoms with Crippen molar-refractivity contribution in [3.63, 3.8) is 0 Å². The molecule has 104 valence electrons. The number of hydrogen-bond acceptors (Lipinski definition) is 3. The molecule has 0 aromatic rings. The fraction of sp³-hybridized carbons (Fsp3) is 0.929. The van der Waals surface area contributed by atoms with Crippen molar-refractivity contribution in [2.24, 2.45) is 11.7 Å². The molecular weight excluding hydrogens is 244 g/mol. The highest BCUT2D eigenvalue weighted by Gasteiger charge is 2.39. The molecule has 18 heavy (non-hydrogen) atoms. The Hall–Kier alpha value is -0.220. The number of nitrogens with one attached hydrogen (secondary N) is 1. The normalized spacial score (nSPS) is 40.7. The van der Waals surface area contributed by atoms with Crippen molar-refractivity contribution >= 4 is 17.7 Å². The molecule has 2 aliphatic carbocycles. The van der Waals surface area contributed by atoms with Crippen LogP contribution in [0.2, 0.25) is 0 Å². The van der Waals surface area contributed by atoms with E-state index in [0.29, 0.717) is 17.2 Å². The maximum Gasteiger partial charge on any atom is 0.240 e. The summed E-state index contributed by atoms with van der Waals surface area (Å²) in [5, 5.41) is 3.91. The van der Waals surface area contributed by atoms with Gasteiger partial charge in [0, 0.05) is 11.3 Å². The third kappa shape index (κ3) is 3.21. The summed E-state index contributed by atoms with van der Waals surface area (Å²) < 4.78 is 0. The number of carbonyl (C=O) groups excluding carboxylic acids is 1. The van der Waals surface area contributed by atoms with Gasteiger partial charge in [0.1, 0.15) is 0 Å². The molecule has 4 unspecified atom stereocenters. The van der Waals surface area contributed by atoms with E-state index in [4.69, 9.17) is 5.73 Å². The largest absolute Gasteiger partial charge is 0.352 e. The van der Waals surface area contributed by atoms with Gasteiger partial charge in [-0.05, 0) is 44.3 Å². The number of amides is 1. The van der Waals surface area contributed by atoms with Crippen LogP contribution >= 0.6 is 11.8 Å². The first-order valence-electron chi connectivity index (χ1n) is 7.16. The molecule has 0 aliphatic heterocycles. The van der Waals surface area contributed by atoms with Crippen LogP contribution in [-0.4, -0.2) is 29.0 Å². The van der Waals surface area contributed by atoms with E-state index in [-0.39, 0.29) is 5.91 Å². The predicted octanol–water partition coefficient (Wildman–Crippen LogP) is 2.29. The zero-order valence-corrected chi connectivity index (χ0v) is 12.4. The fourth-order valence-corrected chi connectivity index (χ4v) is 4.21. The van der Waals surface area contributed by atoms with E-state index in [2.05, 4.69) is 18.5 Å². The topological polar surface area (TPSA) is 55.1 Å². The van der Waals surface area contributed by atoms with Gasteiger partial charge in [0.25, 0.3) is 0 Å². The van der Waals surface area contributed by atoms with Crippen LogP contribution in [0.4, 0.5) is 0 Å². The standard InChI is InChI=1S/C14H26N2OS/c1-10-4-3-7-14(15,9-10)13(17)16-11-5-6-12(8-11)18-2/h10-12H,3-9,15H2,1-2H3,(H,16,17). The summed E-state index contributed by atoms with van der Waals surface area (Å²) in [5.41, 5.74) is 5.72. The Morgan fingerprint density at radius 1 is 1.39 bits per heavy atom. The molecule has 4 heteroatoms. The molecule has 0 heterocycles. The lowest BCUT2D eigenvalue weighted by atomic mass is 9.76. The van der Waals surface area contributed by atoms with Crippen LogP contribution in [0.25, 0.3) is 0 Å². The maximum atomic E-state index is 12.4. The van der Waals surface area contributed by atoms with Gasteiger partial charge in [0.15, 0.2) is 0 Å². The summed E-state index contributed by atoms with van der Waals surface area (Å²) in [6, 6.07) is 0.354. The molecule has 0 radical (unpaired) electrons. The molecular formula is C14H26N2OS. The zero-order valence-electron chi connectivity index (χ0n) is 11.6. The Kier molecular flexibility index (Phi) is 4.59. The van der Waals surface area contributed by atoms with Gasteiger partial charge in [0.05, 0.1) is 5.54 Å².